The van der Waals surface area contributed by atoms with Crippen LogP contribution in [0.4, 0.5) is 11.6 Å². The van der Waals surface area contributed by atoms with Crippen LogP contribution in [0.15, 0.2) is 41.0 Å². The molecule has 0 radical (unpaired) electrons. The van der Waals surface area contributed by atoms with E-state index < -0.39 is 0 Å². The lowest BCUT2D eigenvalue weighted by Crippen LogP contribution is -2.07. The van der Waals surface area contributed by atoms with E-state index in [9.17, 15) is 4.79 Å². The van der Waals surface area contributed by atoms with Gasteiger partial charge in [0.2, 0.25) is 11.9 Å². The summed E-state index contributed by atoms with van der Waals surface area (Å²) >= 11 is 6.35. The van der Waals surface area contributed by atoms with Crippen LogP contribution in [-0.4, -0.2) is 30.9 Å². The lowest BCUT2D eigenvalue weighted by atomic mass is 10.2. The van der Waals surface area contributed by atoms with E-state index in [0.29, 0.717) is 39.0 Å². The van der Waals surface area contributed by atoms with Crippen molar-refractivity contribution in [2.24, 2.45) is 0 Å². The van der Waals surface area contributed by atoms with Crippen molar-refractivity contribution in [1.82, 2.24) is 25.0 Å². The molecular weight excluding hydrogens is 358 g/mol. The van der Waals surface area contributed by atoms with E-state index in [1.54, 1.807) is 30.3 Å². The predicted octanol–water partition coefficient (Wildman–Crippen LogP) is 2.66. The van der Waals surface area contributed by atoms with Gasteiger partial charge in [0, 0.05) is 12.6 Å². The minimum Gasteiger partial charge on any atom is -0.463 e. The predicted molar refractivity (Wildman–Crippen MR) is 95.9 cm³/mol. The zero-order valence-corrected chi connectivity index (χ0v) is 14.2. The Kier molecular flexibility index (Phi) is 3.77. The normalized spacial score (nSPS) is 11.0. The molecule has 4 aromatic rings. The average molecular weight is 370 g/mol. The molecule has 1 aromatic carbocycles. The molecule has 0 spiro atoms. The second-order valence-electron chi connectivity index (χ2n) is 5.43. The number of furan rings is 1. The Bertz CT molecular complexity index is 1120. The molecule has 10 heteroatoms. The van der Waals surface area contributed by atoms with Crippen LogP contribution in [0.2, 0.25) is 5.02 Å². The number of carbonyl (C=O) groups excluding carboxylic acids is 1. The molecule has 3 N–H and O–H groups in total. The molecule has 0 saturated heterocycles. The van der Waals surface area contributed by atoms with Crippen molar-refractivity contribution in [3.63, 3.8) is 0 Å². The molecule has 0 aliphatic carbocycles. The zero-order chi connectivity index (χ0) is 18.3. The van der Waals surface area contributed by atoms with Gasteiger partial charge in [0.05, 0.1) is 17.0 Å². The first-order valence-electron chi connectivity index (χ1n) is 7.53. The van der Waals surface area contributed by atoms with Gasteiger partial charge in [0.25, 0.3) is 0 Å². The highest BCUT2D eigenvalue weighted by atomic mass is 35.5. The fourth-order valence-electron chi connectivity index (χ4n) is 2.54. The maximum absolute atomic E-state index is 11.2. The van der Waals surface area contributed by atoms with E-state index in [0.717, 1.165) is 0 Å². The third-order valence-corrected chi connectivity index (χ3v) is 3.87. The Morgan fingerprint density at radius 1 is 1.31 bits per heavy atom. The number of halogens is 1. The van der Waals surface area contributed by atoms with Gasteiger partial charge >= 0.3 is 0 Å². The Hall–Kier alpha value is -3.46. The van der Waals surface area contributed by atoms with Crippen LogP contribution in [0.3, 0.4) is 0 Å². The molecule has 9 nitrogen and oxygen atoms in total. The molecule has 4 rings (SSSR count). The third kappa shape index (κ3) is 2.74. The maximum atomic E-state index is 11.2. The number of rotatable bonds is 3. The fraction of sp³-hybridized carbons (Fsp3) is 0.0625. The molecule has 0 atom stereocenters. The molecule has 0 aliphatic heterocycles. The van der Waals surface area contributed by atoms with Crippen LogP contribution in [0, 0.1) is 0 Å². The molecule has 130 valence electrons. The topological polar surface area (TPSA) is 125 Å². The Morgan fingerprint density at radius 2 is 2.15 bits per heavy atom. The van der Waals surface area contributed by atoms with Gasteiger partial charge < -0.3 is 15.5 Å². The second kappa shape index (κ2) is 6.12. The highest BCUT2D eigenvalue weighted by Gasteiger charge is 2.19. The lowest BCUT2D eigenvalue weighted by Gasteiger charge is -2.08. The monoisotopic (exact) mass is 369 g/mol. The summed E-state index contributed by atoms with van der Waals surface area (Å²) in [5.41, 5.74) is 8.20. The second-order valence-corrected chi connectivity index (χ2v) is 5.84. The van der Waals surface area contributed by atoms with Crippen LogP contribution < -0.4 is 11.1 Å². The maximum Gasteiger partial charge on any atom is 0.222 e. The minimum absolute atomic E-state index is 0.0541. The number of benzene rings is 1. The number of carbonyl (C=O) groups is 1. The van der Waals surface area contributed by atoms with Crippen molar-refractivity contribution < 1.29 is 9.21 Å². The summed E-state index contributed by atoms with van der Waals surface area (Å²) in [4.78, 5) is 19.6. The number of nitrogens with two attached hydrogens (primary N) is 1. The molecule has 0 fully saturated rings. The van der Waals surface area contributed by atoms with Crippen LogP contribution >= 0.6 is 11.6 Å². The van der Waals surface area contributed by atoms with Gasteiger partial charge in [-0.2, -0.15) is 9.67 Å². The first-order chi connectivity index (χ1) is 12.5. The summed E-state index contributed by atoms with van der Waals surface area (Å²) in [6, 6.07) is 8.50. The molecule has 26 heavy (non-hydrogen) atoms. The van der Waals surface area contributed by atoms with Gasteiger partial charge in [-0.15, -0.1) is 5.10 Å². The summed E-state index contributed by atoms with van der Waals surface area (Å²) in [5.74, 6) is 0.366. The van der Waals surface area contributed by atoms with Gasteiger partial charge in [0.1, 0.15) is 5.69 Å². The summed E-state index contributed by atoms with van der Waals surface area (Å²) in [7, 11) is 0. The number of nitrogen functional groups attached to an aromatic ring is 1. The van der Waals surface area contributed by atoms with Crippen molar-refractivity contribution in [3.05, 3.63) is 41.6 Å². The van der Waals surface area contributed by atoms with Gasteiger partial charge in [-0.05, 0) is 30.3 Å². The van der Waals surface area contributed by atoms with Crippen molar-refractivity contribution in [2.45, 2.75) is 6.92 Å². The van der Waals surface area contributed by atoms with E-state index in [1.807, 2.05) is 0 Å². The average Bonchev–Trinajstić information content (AvgIpc) is 3.23. The molecule has 0 unspecified atom stereocenters. The number of amides is 1. The van der Waals surface area contributed by atoms with Gasteiger partial charge in [-0.3, -0.25) is 4.79 Å². The number of nitrogens with zero attached hydrogens (tertiary/aromatic N) is 5. The minimum atomic E-state index is -0.191. The molecule has 0 aliphatic rings. The molecule has 0 bridgehead atoms. The van der Waals surface area contributed by atoms with Crippen LogP contribution in [-0.2, 0) is 4.79 Å². The van der Waals surface area contributed by atoms with Gasteiger partial charge in [-0.25, -0.2) is 4.98 Å². The summed E-state index contributed by atoms with van der Waals surface area (Å²) in [5, 5.41) is 11.3. The first-order valence-corrected chi connectivity index (χ1v) is 7.91. The third-order valence-electron chi connectivity index (χ3n) is 3.57. The van der Waals surface area contributed by atoms with Gasteiger partial charge in [0.15, 0.2) is 16.9 Å². The van der Waals surface area contributed by atoms with E-state index in [-0.39, 0.29) is 11.9 Å². The molecule has 3 heterocycles. The van der Waals surface area contributed by atoms with Crippen molar-refractivity contribution >= 4 is 40.3 Å². The smallest absolute Gasteiger partial charge is 0.222 e. The highest BCUT2D eigenvalue weighted by molar-refractivity contribution is 6.32. The van der Waals surface area contributed by atoms with Gasteiger partial charge in [-0.1, -0.05) is 16.8 Å². The summed E-state index contributed by atoms with van der Waals surface area (Å²) in [6.07, 6.45) is 1.53. The van der Waals surface area contributed by atoms with Crippen LogP contribution in [0.25, 0.3) is 28.3 Å². The Labute approximate surface area is 151 Å². The Morgan fingerprint density at radius 3 is 2.85 bits per heavy atom. The van der Waals surface area contributed by atoms with Crippen molar-refractivity contribution in [2.75, 3.05) is 11.1 Å². The zero-order valence-electron chi connectivity index (χ0n) is 13.5. The Balaban J connectivity index is 1.87. The standard InChI is InChI=1S/C16H12ClN7O2/c1-8(25)19-9-4-5-11(10(17)7-9)24-15-14(22-23-24)13(20-16(18)21-15)12-3-2-6-26-12/h2-7H,1H3,(H,19,25)(H2,18,20,21). The molecule has 1 amide bonds. The van der Waals surface area contributed by atoms with E-state index >= 15 is 0 Å². The fourth-order valence-corrected chi connectivity index (χ4v) is 2.80. The first kappa shape index (κ1) is 16.0. The van der Waals surface area contributed by atoms with Crippen LogP contribution in [0.1, 0.15) is 6.92 Å². The molecule has 0 saturated carbocycles. The number of fused-ring (bicyclic) bond motifs is 1. The van der Waals surface area contributed by atoms with E-state index in [4.69, 9.17) is 21.8 Å². The SMILES string of the molecule is CC(=O)Nc1ccc(-n2nnc3c(-c4ccco4)nc(N)nc32)c(Cl)c1. The number of hydrogen-bond donors (Lipinski definition) is 2. The van der Waals surface area contributed by atoms with Crippen molar-refractivity contribution in [1.29, 1.82) is 0 Å². The summed E-state index contributed by atoms with van der Waals surface area (Å²) in [6.45, 7) is 1.42. The quantitative estimate of drug-likeness (QED) is 0.568. The lowest BCUT2D eigenvalue weighted by molar-refractivity contribution is -0.114. The number of hydrogen-bond acceptors (Lipinski definition) is 7. The van der Waals surface area contributed by atoms with E-state index in [2.05, 4.69) is 25.6 Å². The number of aromatic nitrogens is 5. The van der Waals surface area contributed by atoms with Crippen molar-refractivity contribution in [3.8, 4) is 17.1 Å². The number of anilines is 2. The van der Waals surface area contributed by atoms with Crippen LogP contribution in [0.5, 0.6) is 0 Å². The molecular formula is C16H12ClN7O2. The largest absolute Gasteiger partial charge is 0.463 e. The summed E-state index contributed by atoms with van der Waals surface area (Å²) < 4.78 is 6.84. The number of nitrogens with one attached hydrogen (secondary N) is 1. The van der Waals surface area contributed by atoms with E-state index in [1.165, 1.54) is 17.9 Å². The highest BCUT2D eigenvalue weighted by Crippen LogP contribution is 2.29. The molecule has 3 aromatic heterocycles.